The van der Waals surface area contributed by atoms with Crippen molar-refractivity contribution >= 4 is 17.4 Å². The topological polar surface area (TPSA) is 70.8 Å². The number of methoxy groups -OCH3 is 1. The van der Waals surface area contributed by atoms with E-state index in [1.165, 1.54) is 6.20 Å². The highest BCUT2D eigenvalue weighted by Gasteiger charge is 2.21. The van der Waals surface area contributed by atoms with Crippen molar-refractivity contribution in [3.63, 3.8) is 0 Å². The van der Waals surface area contributed by atoms with Gasteiger partial charge in [0.2, 0.25) is 5.28 Å². The van der Waals surface area contributed by atoms with Crippen molar-refractivity contribution in [1.82, 2.24) is 9.97 Å². The predicted molar refractivity (Wildman–Crippen MR) is 68.4 cm³/mol. The molecule has 0 saturated heterocycles. The van der Waals surface area contributed by atoms with E-state index in [2.05, 4.69) is 21.4 Å². The third kappa shape index (κ3) is 3.09. The van der Waals surface area contributed by atoms with Crippen LogP contribution in [-0.2, 0) is 4.74 Å². The molecular formula is C12H15ClN4O. The van der Waals surface area contributed by atoms with Crippen molar-refractivity contribution in [2.45, 2.75) is 37.8 Å². The van der Waals surface area contributed by atoms with E-state index in [1.54, 1.807) is 7.11 Å². The van der Waals surface area contributed by atoms with E-state index in [-0.39, 0.29) is 5.28 Å². The normalized spacial score (nSPS) is 23.4. The molecule has 0 amide bonds. The van der Waals surface area contributed by atoms with Crippen LogP contribution in [0.5, 0.6) is 0 Å². The zero-order valence-corrected chi connectivity index (χ0v) is 10.9. The second-order valence-corrected chi connectivity index (χ2v) is 4.70. The smallest absolute Gasteiger partial charge is 0.224 e. The van der Waals surface area contributed by atoms with Gasteiger partial charge in [0.05, 0.1) is 12.3 Å². The average Bonchev–Trinajstić information content (AvgIpc) is 2.40. The van der Waals surface area contributed by atoms with E-state index >= 15 is 0 Å². The van der Waals surface area contributed by atoms with Crippen molar-refractivity contribution in [2.24, 2.45) is 0 Å². The number of halogens is 1. The van der Waals surface area contributed by atoms with E-state index in [9.17, 15) is 0 Å². The average molecular weight is 267 g/mol. The largest absolute Gasteiger partial charge is 0.381 e. The Morgan fingerprint density at radius 2 is 2.17 bits per heavy atom. The second-order valence-electron chi connectivity index (χ2n) is 4.37. The van der Waals surface area contributed by atoms with Crippen molar-refractivity contribution in [1.29, 1.82) is 5.26 Å². The zero-order valence-electron chi connectivity index (χ0n) is 10.2. The van der Waals surface area contributed by atoms with Crippen molar-refractivity contribution in [3.8, 4) is 6.07 Å². The first kappa shape index (κ1) is 13.1. The summed E-state index contributed by atoms with van der Waals surface area (Å²) in [6, 6.07) is 2.38. The van der Waals surface area contributed by atoms with Gasteiger partial charge in [0.1, 0.15) is 17.5 Å². The van der Waals surface area contributed by atoms with Crippen LogP contribution >= 0.6 is 11.6 Å². The van der Waals surface area contributed by atoms with Crippen LogP contribution in [0.1, 0.15) is 31.2 Å². The maximum atomic E-state index is 8.99. The standard InChI is InChI=1S/C12H15ClN4O/c1-18-10-4-2-9(3-5-10)16-11-8(6-14)7-15-12(13)17-11/h7,9-10H,2-5H2,1H3,(H,15,16,17). The molecule has 6 heteroatoms. The molecule has 0 bridgehead atoms. The molecule has 0 spiro atoms. The molecule has 1 saturated carbocycles. The Hall–Kier alpha value is -1.38. The van der Waals surface area contributed by atoms with Crippen LogP contribution < -0.4 is 5.32 Å². The van der Waals surface area contributed by atoms with Gasteiger partial charge >= 0.3 is 0 Å². The van der Waals surface area contributed by atoms with Gasteiger partial charge in [0, 0.05) is 13.2 Å². The summed E-state index contributed by atoms with van der Waals surface area (Å²) in [5, 5.41) is 12.4. The predicted octanol–water partition coefficient (Wildman–Crippen LogP) is 2.37. The number of nitrogens with one attached hydrogen (secondary N) is 1. The minimum absolute atomic E-state index is 0.155. The van der Waals surface area contributed by atoms with Gasteiger partial charge < -0.3 is 10.1 Å². The lowest BCUT2D eigenvalue weighted by Gasteiger charge is -2.28. The SMILES string of the molecule is COC1CCC(Nc2nc(Cl)ncc2C#N)CC1. The molecule has 0 aromatic carbocycles. The number of anilines is 1. The van der Waals surface area contributed by atoms with Gasteiger partial charge in [-0.25, -0.2) is 4.98 Å². The molecule has 1 aromatic heterocycles. The molecule has 0 aliphatic heterocycles. The quantitative estimate of drug-likeness (QED) is 0.851. The molecule has 0 radical (unpaired) electrons. The first-order valence-electron chi connectivity index (χ1n) is 5.95. The highest BCUT2D eigenvalue weighted by atomic mass is 35.5. The molecule has 1 aliphatic rings. The lowest BCUT2D eigenvalue weighted by molar-refractivity contribution is 0.0681. The number of ether oxygens (including phenoxy) is 1. The first-order chi connectivity index (χ1) is 8.72. The van der Waals surface area contributed by atoms with Crippen LogP contribution in [0.3, 0.4) is 0 Å². The number of hydrogen-bond donors (Lipinski definition) is 1. The summed E-state index contributed by atoms with van der Waals surface area (Å²) >= 11 is 5.75. The monoisotopic (exact) mass is 266 g/mol. The van der Waals surface area contributed by atoms with Gasteiger partial charge in [-0.05, 0) is 37.3 Å². The molecule has 1 aliphatic carbocycles. The highest BCUT2D eigenvalue weighted by Crippen LogP contribution is 2.24. The molecule has 5 nitrogen and oxygen atoms in total. The Labute approximate surface area is 111 Å². The zero-order chi connectivity index (χ0) is 13.0. The van der Waals surface area contributed by atoms with Gasteiger partial charge in [-0.3, -0.25) is 0 Å². The van der Waals surface area contributed by atoms with E-state index in [0.29, 0.717) is 23.5 Å². The van der Waals surface area contributed by atoms with Gasteiger partial charge in [-0.2, -0.15) is 10.2 Å². The fourth-order valence-electron chi connectivity index (χ4n) is 2.19. The third-order valence-electron chi connectivity index (χ3n) is 3.23. The number of rotatable bonds is 3. The maximum Gasteiger partial charge on any atom is 0.224 e. The maximum absolute atomic E-state index is 8.99. The van der Waals surface area contributed by atoms with Crippen LogP contribution in [0.15, 0.2) is 6.20 Å². The highest BCUT2D eigenvalue weighted by molar-refractivity contribution is 6.28. The van der Waals surface area contributed by atoms with Gasteiger partial charge in [-0.1, -0.05) is 0 Å². The van der Waals surface area contributed by atoms with E-state index in [1.807, 2.05) is 0 Å². The second kappa shape index (κ2) is 5.98. The van der Waals surface area contributed by atoms with Crippen molar-refractivity contribution < 1.29 is 4.74 Å². The molecule has 1 aromatic rings. The Kier molecular flexibility index (Phi) is 4.34. The Morgan fingerprint density at radius 1 is 1.44 bits per heavy atom. The Morgan fingerprint density at radius 3 is 2.78 bits per heavy atom. The van der Waals surface area contributed by atoms with Crippen molar-refractivity contribution in [2.75, 3.05) is 12.4 Å². The fraction of sp³-hybridized carbons (Fsp3) is 0.583. The van der Waals surface area contributed by atoms with Crippen LogP contribution in [-0.4, -0.2) is 29.2 Å². The lowest BCUT2D eigenvalue weighted by atomic mass is 9.93. The number of nitrogens with zero attached hydrogens (tertiary/aromatic N) is 3. The van der Waals surface area contributed by atoms with Crippen LogP contribution in [0.25, 0.3) is 0 Å². The lowest BCUT2D eigenvalue weighted by Crippen LogP contribution is -2.29. The summed E-state index contributed by atoms with van der Waals surface area (Å²) in [4.78, 5) is 7.87. The number of aromatic nitrogens is 2. The summed E-state index contributed by atoms with van der Waals surface area (Å²) in [7, 11) is 1.75. The van der Waals surface area contributed by atoms with E-state index < -0.39 is 0 Å². The summed E-state index contributed by atoms with van der Waals surface area (Å²) in [6.45, 7) is 0. The molecule has 2 rings (SSSR count). The third-order valence-corrected chi connectivity index (χ3v) is 3.41. The minimum atomic E-state index is 0.155. The van der Waals surface area contributed by atoms with Crippen LogP contribution in [0, 0.1) is 11.3 Å². The van der Waals surface area contributed by atoms with Gasteiger partial charge in [0.15, 0.2) is 0 Å². The summed E-state index contributed by atoms with van der Waals surface area (Å²) < 4.78 is 5.33. The van der Waals surface area contributed by atoms with Crippen LogP contribution in [0.4, 0.5) is 5.82 Å². The van der Waals surface area contributed by atoms with E-state index in [0.717, 1.165) is 25.7 Å². The molecule has 1 N–H and O–H groups in total. The molecule has 18 heavy (non-hydrogen) atoms. The molecule has 1 fully saturated rings. The Balaban J connectivity index is 2.02. The molecule has 0 atom stereocenters. The summed E-state index contributed by atoms with van der Waals surface area (Å²) in [5.74, 6) is 0.526. The molecule has 1 heterocycles. The fourth-order valence-corrected chi connectivity index (χ4v) is 2.32. The Bertz CT molecular complexity index is 452. The van der Waals surface area contributed by atoms with Gasteiger partial charge in [0.25, 0.3) is 0 Å². The van der Waals surface area contributed by atoms with Crippen molar-refractivity contribution in [3.05, 3.63) is 17.0 Å². The van der Waals surface area contributed by atoms with Gasteiger partial charge in [-0.15, -0.1) is 0 Å². The number of nitriles is 1. The van der Waals surface area contributed by atoms with Crippen LogP contribution in [0.2, 0.25) is 5.28 Å². The molecule has 96 valence electrons. The molecular weight excluding hydrogens is 252 g/mol. The number of hydrogen-bond acceptors (Lipinski definition) is 5. The first-order valence-corrected chi connectivity index (χ1v) is 6.32. The summed E-state index contributed by atoms with van der Waals surface area (Å²) in [5.41, 5.74) is 0.424. The minimum Gasteiger partial charge on any atom is -0.381 e. The van der Waals surface area contributed by atoms with E-state index in [4.69, 9.17) is 21.6 Å². The molecule has 0 unspecified atom stereocenters. The summed E-state index contributed by atoms with van der Waals surface area (Å²) in [6.07, 6.45) is 5.85.